The minimum absolute atomic E-state index is 0.317. The molecule has 0 amide bonds. The van der Waals surface area contributed by atoms with Gasteiger partial charge in [-0.05, 0) is 25.1 Å². The fourth-order valence-corrected chi connectivity index (χ4v) is 3.95. The summed E-state index contributed by atoms with van der Waals surface area (Å²) in [7, 11) is 0. The van der Waals surface area contributed by atoms with E-state index in [9.17, 15) is 5.26 Å². The Hall–Kier alpha value is -3.57. The maximum atomic E-state index is 9.24. The molecule has 0 saturated heterocycles. The molecule has 9 heteroatoms. The van der Waals surface area contributed by atoms with Crippen LogP contribution in [0.3, 0.4) is 0 Å². The summed E-state index contributed by atoms with van der Waals surface area (Å²) < 4.78 is 9.78. The summed E-state index contributed by atoms with van der Waals surface area (Å²) in [4.78, 5) is 6.05. The normalized spacial score (nSPS) is 13.3. The standard InChI is InChI=1S/C21H18ClN7O/c1-14-18-11-27(13-23)6-7-28(18)26-20(14)15-8-19(21-17(22)9-25-29(21)10-15)30-12-16-4-2-3-5-24-16/h2-5,8-10H,6-7,11-12H2,1H3. The SMILES string of the molecule is Cc1c(-c2cc(OCc3ccccn3)c3c(Cl)cnn3c2)nn2c1CN(C#N)CC2. The summed E-state index contributed by atoms with van der Waals surface area (Å²) in [5, 5.41) is 18.9. The molecule has 0 unspecified atom stereocenters. The predicted octanol–water partition coefficient (Wildman–Crippen LogP) is 3.43. The van der Waals surface area contributed by atoms with Crippen molar-refractivity contribution < 1.29 is 4.74 Å². The van der Waals surface area contributed by atoms with Gasteiger partial charge in [0.1, 0.15) is 17.9 Å². The van der Waals surface area contributed by atoms with E-state index in [0.717, 1.165) is 28.2 Å². The molecule has 0 saturated carbocycles. The first kappa shape index (κ1) is 18.5. The highest BCUT2D eigenvalue weighted by molar-refractivity contribution is 6.34. The second-order valence-electron chi connectivity index (χ2n) is 7.15. The lowest BCUT2D eigenvalue weighted by Gasteiger charge is -2.22. The molecule has 8 nitrogen and oxygen atoms in total. The number of hydrogen-bond acceptors (Lipinski definition) is 6. The molecule has 0 spiro atoms. The fraction of sp³-hybridized carbons (Fsp3) is 0.238. The third kappa shape index (κ3) is 3.13. The summed E-state index contributed by atoms with van der Waals surface area (Å²) in [6.07, 6.45) is 7.47. The quantitative estimate of drug-likeness (QED) is 0.471. The second kappa shape index (κ2) is 7.35. The molecule has 5 rings (SSSR count). The van der Waals surface area contributed by atoms with Gasteiger partial charge >= 0.3 is 0 Å². The van der Waals surface area contributed by atoms with Crippen molar-refractivity contribution in [3.05, 3.63) is 64.8 Å². The molecule has 4 aromatic heterocycles. The van der Waals surface area contributed by atoms with E-state index >= 15 is 0 Å². The van der Waals surface area contributed by atoms with E-state index in [2.05, 4.69) is 16.3 Å². The highest BCUT2D eigenvalue weighted by atomic mass is 35.5. The minimum atomic E-state index is 0.317. The molecule has 150 valence electrons. The highest BCUT2D eigenvalue weighted by Crippen LogP contribution is 2.34. The molecular weight excluding hydrogens is 402 g/mol. The maximum absolute atomic E-state index is 9.24. The zero-order valence-electron chi connectivity index (χ0n) is 16.3. The number of ether oxygens (including phenoxy) is 1. The third-order valence-corrected chi connectivity index (χ3v) is 5.57. The van der Waals surface area contributed by atoms with E-state index in [0.29, 0.717) is 42.5 Å². The van der Waals surface area contributed by atoms with E-state index in [1.165, 1.54) is 0 Å². The molecule has 0 radical (unpaired) electrons. The molecule has 0 bridgehead atoms. The highest BCUT2D eigenvalue weighted by Gasteiger charge is 2.23. The number of pyridine rings is 2. The average Bonchev–Trinajstić information content (AvgIpc) is 3.32. The van der Waals surface area contributed by atoms with Gasteiger partial charge in [0.25, 0.3) is 0 Å². The fourth-order valence-electron chi connectivity index (χ4n) is 3.73. The molecule has 1 aliphatic heterocycles. The average molecular weight is 420 g/mol. The Morgan fingerprint density at radius 2 is 2.20 bits per heavy atom. The summed E-state index contributed by atoms with van der Waals surface area (Å²) in [6, 6.07) is 7.64. The van der Waals surface area contributed by atoms with E-state index in [1.54, 1.807) is 21.8 Å². The van der Waals surface area contributed by atoms with Gasteiger partial charge in [0.05, 0.1) is 41.4 Å². The van der Waals surface area contributed by atoms with Gasteiger partial charge in [-0.2, -0.15) is 15.5 Å². The lowest BCUT2D eigenvalue weighted by Crippen LogP contribution is -2.30. The van der Waals surface area contributed by atoms with Gasteiger partial charge in [0, 0.05) is 30.1 Å². The number of rotatable bonds is 4. The van der Waals surface area contributed by atoms with Crippen molar-refractivity contribution in [1.82, 2.24) is 29.3 Å². The van der Waals surface area contributed by atoms with E-state index < -0.39 is 0 Å². The van der Waals surface area contributed by atoms with Crippen LogP contribution in [-0.2, 0) is 19.7 Å². The Balaban J connectivity index is 1.56. The first-order valence-electron chi connectivity index (χ1n) is 9.55. The van der Waals surface area contributed by atoms with Crippen LogP contribution in [0.25, 0.3) is 16.8 Å². The van der Waals surface area contributed by atoms with E-state index in [-0.39, 0.29) is 0 Å². The molecule has 5 heterocycles. The lowest BCUT2D eigenvalue weighted by atomic mass is 10.1. The first-order valence-corrected chi connectivity index (χ1v) is 9.93. The lowest BCUT2D eigenvalue weighted by molar-refractivity contribution is 0.301. The summed E-state index contributed by atoms with van der Waals surface area (Å²) in [5.74, 6) is 0.615. The van der Waals surface area contributed by atoms with E-state index in [1.807, 2.05) is 42.1 Å². The number of nitrogens with zero attached hydrogens (tertiary/aromatic N) is 7. The number of nitriles is 1. The van der Waals surface area contributed by atoms with Crippen molar-refractivity contribution in [1.29, 1.82) is 5.26 Å². The van der Waals surface area contributed by atoms with Crippen molar-refractivity contribution in [2.75, 3.05) is 6.54 Å². The van der Waals surface area contributed by atoms with Crippen LogP contribution < -0.4 is 4.74 Å². The Morgan fingerprint density at radius 1 is 1.30 bits per heavy atom. The molecule has 0 aromatic carbocycles. The largest absolute Gasteiger partial charge is 0.485 e. The summed E-state index contributed by atoms with van der Waals surface area (Å²) in [6.45, 7) is 4.26. The monoisotopic (exact) mass is 419 g/mol. The van der Waals surface area contributed by atoms with Crippen LogP contribution in [0.5, 0.6) is 5.75 Å². The summed E-state index contributed by atoms with van der Waals surface area (Å²) in [5.41, 5.74) is 5.34. The van der Waals surface area contributed by atoms with Crippen molar-refractivity contribution in [2.45, 2.75) is 26.6 Å². The van der Waals surface area contributed by atoms with Crippen molar-refractivity contribution >= 4 is 17.1 Å². The van der Waals surface area contributed by atoms with Gasteiger partial charge < -0.3 is 9.64 Å². The van der Waals surface area contributed by atoms with Crippen molar-refractivity contribution in [3.8, 4) is 23.2 Å². The predicted molar refractivity (Wildman–Crippen MR) is 111 cm³/mol. The Morgan fingerprint density at radius 3 is 3.00 bits per heavy atom. The van der Waals surface area contributed by atoms with Crippen LogP contribution in [0.15, 0.2) is 42.9 Å². The van der Waals surface area contributed by atoms with Crippen LogP contribution in [0.1, 0.15) is 17.0 Å². The number of fused-ring (bicyclic) bond motifs is 2. The Bertz CT molecular complexity index is 1270. The van der Waals surface area contributed by atoms with Gasteiger partial charge in [-0.3, -0.25) is 9.67 Å². The van der Waals surface area contributed by atoms with Crippen molar-refractivity contribution in [3.63, 3.8) is 0 Å². The topological polar surface area (TPSA) is 84.3 Å². The molecule has 30 heavy (non-hydrogen) atoms. The minimum Gasteiger partial charge on any atom is -0.485 e. The third-order valence-electron chi connectivity index (χ3n) is 5.29. The number of hydrogen-bond donors (Lipinski definition) is 0. The smallest absolute Gasteiger partial charge is 0.179 e. The van der Waals surface area contributed by atoms with E-state index in [4.69, 9.17) is 21.4 Å². The van der Waals surface area contributed by atoms with Gasteiger partial charge in [-0.15, -0.1) is 0 Å². The molecule has 0 aliphatic carbocycles. The van der Waals surface area contributed by atoms with Crippen LogP contribution >= 0.6 is 11.6 Å². The maximum Gasteiger partial charge on any atom is 0.179 e. The van der Waals surface area contributed by atoms with Gasteiger partial charge in [0.2, 0.25) is 0 Å². The number of aromatic nitrogens is 5. The Kier molecular flexibility index (Phi) is 4.52. The van der Waals surface area contributed by atoms with Crippen LogP contribution in [-0.4, -0.2) is 35.8 Å². The zero-order valence-corrected chi connectivity index (χ0v) is 17.0. The van der Waals surface area contributed by atoms with Gasteiger partial charge in [-0.25, -0.2) is 4.52 Å². The second-order valence-corrected chi connectivity index (χ2v) is 7.56. The van der Waals surface area contributed by atoms with Crippen LogP contribution in [0.2, 0.25) is 5.02 Å². The van der Waals surface area contributed by atoms with Crippen LogP contribution in [0, 0.1) is 18.4 Å². The molecule has 0 N–H and O–H groups in total. The molecular formula is C21H18ClN7O. The Labute approximate surface area is 177 Å². The summed E-state index contributed by atoms with van der Waals surface area (Å²) >= 11 is 6.37. The van der Waals surface area contributed by atoms with Gasteiger partial charge in [-0.1, -0.05) is 17.7 Å². The molecule has 0 atom stereocenters. The van der Waals surface area contributed by atoms with Gasteiger partial charge in [0.15, 0.2) is 6.19 Å². The molecule has 1 aliphatic rings. The van der Waals surface area contributed by atoms with Crippen molar-refractivity contribution in [2.24, 2.45) is 0 Å². The first-order chi connectivity index (χ1) is 14.6. The molecule has 0 fully saturated rings. The zero-order chi connectivity index (χ0) is 20.7. The molecule has 4 aromatic rings. The van der Waals surface area contributed by atoms with Crippen LogP contribution in [0.4, 0.5) is 0 Å². The number of halogens is 1.